The van der Waals surface area contributed by atoms with Crippen LogP contribution in [-0.2, 0) is 11.3 Å². The van der Waals surface area contributed by atoms with Gasteiger partial charge in [0.2, 0.25) is 5.91 Å². The van der Waals surface area contributed by atoms with Crippen LogP contribution in [0.2, 0.25) is 0 Å². The van der Waals surface area contributed by atoms with Crippen LogP contribution < -0.4 is 5.73 Å². The SMILES string of the molecule is CN(Cc1cccc(Br)c1)C(=O)CC1(N)CCCCC1. The maximum Gasteiger partial charge on any atom is 0.224 e. The van der Waals surface area contributed by atoms with Gasteiger partial charge < -0.3 is 10.6 Å². The Labute approximate surface area is 129 Å². The molecule has 1 saturated carbocycles. The predicted octanol–water partition coefficient (Wildman–Crippen LogP) is 3.46. The van der Waals surface area contributed by atoms with Crippen molar-refractivity contribution in [2.45, 2.75) is 50.6 Å². The first-order valence-electron chi connectivity index (χ1n) is 7.26. The average Bonchev–Trinajstić information content (AvgIpc) is 2.39. The summed E-state index contributed by atoms with van der Waals surface area (Å²) in [5.41, 5.74) is 7.21. The number of nitrogens with two attached hydrogens (primary N) is 1. The molecular weight excluding hydrogens is 316 g/mol. The van der Waals surface area contributed by atoms with Crippen LogP contribution in [0.3, 0.4) is 0 Å². The van der Waals surface area contributed by atoms with Crippen molar-refractivity contribution >= 4 is 21.8 Å². The molecule has 1 aromatic rings. The van der Waals surface area contributed by atoms with Gasteiger partial charge in [0.15, 0.2) is 0 Å². The highest BCUT2D eigenvalue weighted by Gasteiger charge is 2.31. The fourth-order valence-corrected chi connectivity index (χ4v) is 3.31. The zero-order valence-corrected chi connectivity index (χ0v) is 13.7. The van der Waals surface area contributed by atoms with Crippen molar-refractivity contribution in [2.24, 2.45) is 5.73 Å². The molecule has 2 rings (SSSR count). The maximum absolute atomic E-state index is 12.3. The van der Waals surface area contributed by atoms with Crippen molar-refractivity contribution in [3.63, 3.8) is 0 Å². The zero-order valence-electron chi connectivity index (χ0n) is 12.1. The molecule has 0 atom stereocenters. The Morgan fingerprint density at radius 2 is 2.05 bits per heavy atom. The van der Waals surface area contributed by atoms with Gasteiger partial charge in [0.1, 0.15) is 0 Å². The van der Waals surface area contributed by atoms with Gasteiger partial charge in [-0.15, -0.1) is 0 Å². The molecule has 1 aliphatic carbocycles. The molecular formula is C16H23BrN2O. The van der Waals surface area contributed by atoms with Gasteiger partial charge >= 0.3 is 0 Å². The molecule has 20 heavy (non-hydrogen) atoms. The van der Waals surface area contributed by atoms with Gasteiger partial charge in [-0.1, -0.05) is 47.3 Å². The molecule has 1 fully saturated rings. The summed E-state index contributed by atoms with van der Waals surface area (Å²) >= 11 is 3.45. The number of carbonyl (C=O) groups excluding carboxylic acids is 1. The number of hydrogen-bond acceptors (Lipinski definition) is 2. The zero-order chi connectivity index (χ0) is 14.6. The number of rotatable bonds is 4. The van der Waals surface area contributed by atoms with E-state index in [4.69, 9.17) is 5.73 Å². The molecule has 1 aromatic carbocycles. The highest BCUT2D eigenvalue weighted by atomic mass is 79.9. The first-order chi connectivity index (χ1) is 9.48. The largest absolute Gasteiger partial charge is 0.341 e. The summed E-state index contributed by atoms with van der Waals surface area (Å²) in [7, 11) is 1.86. The van der Waals surface area contributed by atoms with Crippen molar-refractivity contribution in [2.75, 3.05) is 7.05 Å². The Morgan fingerprint density at radius 1 is 1.35 bits per heavy atom. The Kier molecular flexibility index (Phi) is 5.22. The van der Waals surface area contributed by atoms with Crippen LogP contribution >= 0.6 is 15.9 Å². The van der Waals surface area contributed by atoms with Crippen molar-refractivity contribution in [3.8, 4) is 0 Å². The summed E-state index contributed by atoms with van der Waals surface area (Å²) in [6.45, 7) is 0.633. The molecule has 1 aliphatic rings. The van der Waals surface area contributed by atoms with Crippen LogP contribution in [0.1, 0.15) is 44.1 Å². The summed E-state index contributed by atoms with van der Waals surface area (Å²) in [6, 6.07) is 8.06. The third-order valence-electron chi connectivity index (χ3n) is 4.09. The summed E-state index contributed by atoms with van der Waals surface area (Å²) in [5, 5.41) is 0. The first-order valence-corrected chi connectivity index (χ1v) is 8.05. The Balaban J connectivity index is 1.91. The van der Waals surface area contributed by atoms with Crippen LogP contribution in [0.5, 0.6) is 0 Å². The van der Waals surface area contributed by atoms with Gasteiger partial charge in [0, 0.05) is 30.0 Å². The Morgan fingerprint density at radius 3 is 2.70 bits per heavy atom. The molecule has 0 bridgehead atoms. The lowest BCUT2D eigenvalue weighted by Gasteiger charge is -2.34. The van der Waals surface area contributed by atoms with Crippen molar-refractivity contribution < 1.29 is 4.79 Å². The predicted molar refractivity (Wildman–Crippen MR) is 85.2 cm³/mol. The molecule has 0 radical (unpaired) electrons. The number of amides is 1. The van der Waals surface area contributed by atoms with E-state index in [1.54, 1.807) is 4.90 Å². The number of hydrogen-bond donors (Lipinski definition) is 1. The van der Waals surface area contributed by atoms with Crippen LogP contribution in [0, 0.1) is 0 Å². The van der Waals surface area contributed by atoms with E-state index in [1.807, 2.05) is 31.3 Å². The molecule has 0 heterocycles. The van der Waals surface area contributed by atoms with Crippen molar-refractivity contribution in [1.82, 2.24) is 4.90 Å². The topological polar surface area (TPSA) is 46.3 Å². The van der Waals surface area contributed by atoms with E-state index in [0.717, 1.165) is 35.7 Å². The highest BCUT2D eigenvalue weighted by Crippen LogP contribution is 2.29. The summed E-state index contributed by atoms with van der Waals surface area (Å²) in [6.07, 6.45) is 5.98. The molecule has 0 aromatic heterocycles. The monoisotopic (exact) mass is 338 g/mol. The molecule has 0 spiro atoms. The minimum atomic E-state index is -0.277. The van der Waals surface area contributed by atoms with Crippen LogP contribution in [0.15, 0.2) is 28.7 Å². The number of nitrogens with zero attached hydrogens (tertiary/aromatic N) is 1. The maximum atomic E-state index is 12.3. The molecule has 3 nitrogen and oxygen atoms in total. The van der Waals surface area contributed by atoms with E-state index in [1.165, 1.54) is 6.42 Å². The van der Waals surface area contributed by atoms with Gasteiger partial charge in [-0.25, -0.2) is 0 Å². The van der Waals surface area contributed by atoms with Crippen LogP contribution in [-0.4, -0.2) is 23.4 Å². The third-order valence-corrected chi connectivity index (χ3v) is 4.58. The number of benzene rings is 1. The second-order valence-corrected chi connectivity index (χ2v) is 6.90. The lowest BCUT2D eigenvalue weighted by atomic mass is 9.80. The third kappa shape index (κ3) is 4.32. The summed E-state index contributed by atoms with van der Waals surface area (Å²) in [5.74, 6) is 0.148. The molecule has 4 heteroatoms. The van der Waals surface area contributed by atoms with E-state index in [9.17, 15) is 4.79 Å². The second kappa shape index (κ2) is 6.72. The van der Waals surface area contributed by atoms with E-state index < -0.39 is 0 Å². The molecule has 110 valence electrons. The van der Waals surface area contributed by atoms with Gasteiger partial charge in [-0.2, -0.15) is 0 Å². The van der Waals surface area contributed by atoms with E-state index in [0.29, 0.717) is 13.0 Å². The lowest BCUT2D eigenvalue weighted by Crippen LogP contribution is -2.46. The molecule has 2 N–H and O–H groups in total. The lowest BCUT2D eigenvalue weighted by molar-refractivity contribution is -0.132. The second-order valence-electron chi connectivity index (χ2n) is 5.98. The van der Waals surface area contributed by atoms with Gasteiger partial charge in [-0.05, 0) is 30.5 Å². The van der Waals surface area contributed by atoms with Gasteiger partial charge in [0.25, 0.3) is 0 Å². The summed E-state index contributed by atoms with van der Waals surface area (Å²) < 4.78 is 1.04. The average molecular weight is 339 g/mol. The minimum absolute atomic E-state index is 0.148. The van der Waals surface area contributed by atoms with Crippen LogP contribution in [0.25, 0.3) is 0 Å². The minimum Gasteiger partial charge on any atom is -0.341 e. The number of halogens is 1. The molecule has 0 saturated heterocycles. The smallest absolute Gasteiger partial charge is 0.224 e. The molecule has 0 unspecified atom stereocenters. The fourth-order valence-electron chi connectivity index (χ4n) is 2.87. The van der Waals surface area contributed by atoms with Crippen molar-refractivity contribution in [1.29, 1.82) is 0 Å². The van der Waals surface area contributed by atoms with Crippen LogP contribution in [0.4, 0.5) is 0 Å². The Hall–Kier alpha value is -0.870. The standard InChI is InChI=1S/C16H23BrN2O/c1-19(12-13-6-5-7-14(17)10-13)15(20)11-16(18)8-3-2-4-9-16/h5-7,10H,2-4,8-9,11-12,18H2,1H3. The molecule has 1 amide bonds. The Bertz CT molecular complexity index is 469. The normalized spacial score (nSPS) is 17.8. The fraction of sp³-hybridized carbons (Fsp3) is 0.562. The van der Waals surface area contributed by atoms with Gasteiger partial charge in [-0.3, -0.25) is 4.79 Å². The van der Waals surface area contributed by atoms with E-state index >= 15 is 0 Å². The van der Waals surface area contributed by atoms with Gasteiger partial charge in [0.05, 0.1) is 0 Å². The van der Waals surface area contributed by atoms with E-state index in [2.05, 4.69) is 15.9 Å². The quantitative estimate of drug-likeness (QED) is 0.913. The first kappa shape index (κ1) is 15.5. The van der Waals surface area contributed by atoms with E-state index in [-0.39, 0.29) is 11.4 Å². The highest BCUT2D eigenvalue weighted by molar-refractivity contribution is 9.10. The summed E-state index contributed by atoms with van der Waals surface area (Å²) in [4.78, 5) is 14.1. The number of carbonyl (C=O) groups is 1. The molecule has 0 aliphatic heterocycles. The van der Waals surface area contributed by atoms with Crippen molar-refractivity contribution in [3.05, 3.63) is 34.3 Å².